The van der Waals surface area contributed by atoms with Crippen molar-refractivity contribution >= 4 is 17.7 Å². The SMILES string of the molecule is Cc1ccc(NC(=O)/C=C/c2cccnc2)cc1OCCN(C(C)C)C(C)C. The summed E-state index contributed by atoms with van der Waals surface area (Å²) in [6.45, 7) is 12.3. The number of ether oxygens (including phenoxy) is 1. The highest BCUT2D eigenvalue weighted by atomic mass is 16.5. The van der Waals surface area contributed by atoms with Crippen molar-refractivity contribution in [3.63, 3.8) is 0 Å². The van der Waals surface area contributed by atoms with Gasteiger partial charge < -0.3 is 10.1 Å². The van der Waals surface area contributed by atoms with E-state index in [0.717, 1.165) is 23.4 Å². The van der Waals surface area contributed by atoms with Gasteiger partial charge in [0.1, 0.15) is 12.4 Å². The Morgan fingerprint density at radius 3 is 2.61 bits per heavy atom. The van der Waals surface area contributed by atoms with Crippen LogP contribution in [0.15, 0.2) is 48.8 Å². The van der Waals surface area contributed by atoms with Crippen molar-refractivity contribution in [1.29, 1.82) is 0 Å². The zero-order chi connectivity index (χ0) is 20.5. The van der Waals surface area contributed by atoms with Gasteiger partial charge in [0.05, 0.1) is 0 Å². The molecule has 0 unspecified atom stereocenters. The maximum absolute atomic E-state index is 12.2. The summed E-state index contributed by atoms with van der Waals surface area (Å²) >= 11 is 0. The third kappa shape index (κ3) is 6.82. The van der Waals surface area contributed by atoms with E-state index in [-0.39, 0.29) is 5.91 Å². The first kappa shape index (κ1) is 21.6. The Morgan fingerprint density at radius 1 is 1.21 bits per heavy atom. The molecule has 0 aliphatic carbocycles. The molecule has 1 amide bonds. The molecule has 0 spiro atoms. The molecule has 0 saturated carbocycles. The molecular weight excluding hydrogens is 350 g/mol. The Morgan fingerprint density at radius 2 is 1.96 bits per heavy atom. The Bertz CT molecular complexity index is 778. The molecule has 1 heterocycles. The highest BCUT2D eigenvalue weighted by molar-refractivity contribution is 6.02. The fourth-order valence-corrected chi connectivity index (χ4v) is 3.04. The normalized spacial score (nSPS) is 11.6. The number of hydrogen-bond acceptors (Lipinski definition) is 4. The maximum atomic E-state index is 12.2. The quantitative estimate of drug-likeness (QED) is 0.648. The first-order chi connectivity index (χ1) is 13.4. The topological polar surface area (TPSA) is 54.5 Å². The van der Waals surface area contributed by atoms with Crippen molar-refractivity contribution in [2.45, 2.75) is 46.7 Å². The van der Waals surface area contributed by atoms with Gasteiger partial charge in [0.2, 0.25) is 5.91 Å². The number of carbonyl (C=O) groups is 1. The predicted octanol–water partition coefficient (Wildman–Crippen LogP) is 4.54. The lowest BCUT2D eigenvalue weighted by molar-refractivity contribution is -0.111. The van der Waals surface area contributed by atoms with E-state index in [1.807, 2.05) is 37.3 Å². The number of anilines is 1. The van der Waals surface area contributed by atoms with Crippen molar-refractivity contribution in [3.8, 4) is 5.75 Å². The van der Waals surface area contributed by atoms with Crippen LogP contribution < -0.4 is 10.1 Å². The van der Waals surface area contributed by atoms with Crippen LogP contribution in [0.25, 0.3) is 6.08 Å². The number of amides is 1. The van der Waals surface area contributed by atoms with Crippen LogP contribution in [0.1, 0.15) is 38.8 Å². The van der Waals surface area contributed by atoms with Crippen LogP contribution in [0.4, 0.5) is 5.69 Å². The largest absolute Gasteiger partial charge is 0.492 e. The van der Waals surface area contributed by atoms with Gasteiger partial charge in [0.25, 0.3) is 0 Å². The second-order valence-electron chi connectivity index (χ2n) is 7.36. The molecule has 0 fully saturated rings. The van der Waals surface area contributed by atoms with Crippen LogP contribution in [0.2, 0.25) is 0 Å². The summed E-state index contributed by atoms with van der Waals surface area (Å²) in [5, 5.41) is 2.88. The number of benzene rings is 1. The lowest BCUT2D eigenvalue weighted by atomic mass is 10.2. The van der Waals surface area contributed by atoms with E-state index in [4.69, 9.17) is 4.74 Å². The summed E-state index contributed by atoms with van der Waals surface area (Å²) in [4.78, 5) is 18.6. The monoisotopic (exact) mass is 381 g/mol. The third-order valence-electron chi connectivity index (χ3n) is 4.50. The average Bonchev–Trinajstić information content (AvgIpc) is 2.66. The number of carbonyl (C=O) groups excluding carboxylic acids is 1. The molecule has 0 atom stereocenters. The molecule has 150 valence electrons. The van der Waals surface area contributed by atoms with Crippen LogP contribution in [-0.2, 0) is 4.79 Å². The van der Waals surface area contributed by atoms with E-state index in [2.05, 4.69) is 42.9 Å². The zero-order valence-electron chi connectivity index (χ0n) is 17.5. The number of nitrogens with one attached hydrogen (secondary N) is 1. The number of nitrogens with zero attached hydrogens (tertiary/aromatic N) is 2. The van der Waals surface area contributed by atoms with Crippen LogP contribution in [0, 0.1) is 6.92 Å². The van der Waals surface area contributed by atoms with Crippen LogP contribution in [0.5, 0.6) is 5.75 Å². The molecule has 0 aliphatic rings. The van der Waals surface area contributed by atoms with Crippen LogP contribution in [0.3, 0.4) is 0 Å². The van der Waals surface area contributed by atoms with Gasteiger partial charge in [0, 0.05) is 48.9 Å². The molecule has 1 aromatic heterocycles. The first-order valence-corrected chi connectivity index (χ1v) is 9.75. The average molecular weight is 382 g/mol. The second-order valence-corrected chi connectivity index (χ2v) is 7.36. The minimum atomic E-state index is -0.190. The summed E-state index contributed by atoms with van der Waals surface area (Å²) in [6.07, 6.45) is 6.65. The second kappa shape index (κ2) is 10.6. The number of pyridine rings is 1. The smallest absolute Gasteiger partial charge is 0.248 e. The van der Waals surface area contributed by atoms with Crippen LogP contribution >= 0.6 is 0 Å². The minimum Gasteiger partial charge on any atom is -0.492 e. The number of aromatic nitrogens is 1. The number of aryl methyl sites for hydroxylation is 1. The zero-order valence-corrected chi connectivity index (χ0v) is 17.5. The van der Waals surface area contributed by atoms with E-state index < -0.39 is 0 Å². The molecule has 1 N–H and O–H groups in total. The molecule has 28 heavy (non-hydrogen) atoms. The lowest BCUT2D eigenvalue weighted by Gasteiger charge is -2.30. The van der Waals surface area contributed by atoms with Gasteiger partial charge in [-0.2, -0.15) is 0 Å². The van der Waals surface area contributed by atoms with Gasteiger partial charge in [-0.3, -0.25) is 14.7 Å². The number of hydrogen-bond donors (Lipinski definition) is 1. The molecule has 0 aliphatic heterocycles. The van der Waals surface area contributed by atoms with E-state index in [0.29, 0.717) is 24.4 Å². The molecule has 2 aromatic rings. The highest BCUT2D eigenvalue weighted by Gasteiger charge is 2.13. The number of rotatable bonds is 9. The Kier molecular flexibility index (Phi) is 8.20. The maximum Gasteiger partial charge on any atom is 0.248 e. The molecule has 0 radical (unpaired) electrons. The molecule has 5 heteroatoms. The van der Waals surface area contributed by atoms with E-state index in [1.54, 1.807) is 18.5 Å². The summed E-state index contributed by atoms with van der Waals surface area (Å²) < 4.78 is 6.00. The molecule has 0 saturated heterocycles. The summed E-state index contributed by atoms with van der Waals surface area (Å²) in [6, 6.07) is 10.4. The van der Waals surface area contributed by atoms with Gasteiger partial charge >= 0.3 is 0 Å². The predicted molar refractivity (Wildman–Crippen MR) is 116 cm³/mol. The van der Waals surface area contributed by atoms with Gasteiger partial charge in [-0.1, -0.05) is 12.1 Å². The van der Waals surface area contributed by atoms with Gasteiger partial charge in [-0.05, 0) is 64.0 Å². The minimum absolute atomic E-state index is 0.190. The van der Waals surface area contributed by atoms with Crippen LogP contribution in [-0.4, -0.2) is 41.0 Å². The molecule has 2 rings (SSSR count). The van der Waals surface area contributed by atoms with E-state index in [1.165, 1.54) is 6.08 Å². The van der Waals surface area contributed by atoms with Crippen molar-refractivity contribution in [2.24, 2.45) is 0 Å². The fourth-order valence-electron chi connectivity index (χ4n) is 3.04. The summed E-state index contributed by atoms with van der Waals surface area (Å²) in [5.74, 6) is 0.603. The van der Waals surface area contributed by atoms with Crippen molar-refractivity contribution < 1.29 is 9.53 Å². The van der Waals surface area contributed by atoms with E-state index in [9.17, 15) is 4.79 Å². The Hall–Kier alpha value is -2.66. The molecular formula is C23H31N3O2. The van der Waals surface area contributed by atoms with Crippen molar-refractivity contribution in [2.75, 3.05) is 18.5 Å². The fraction of sp³-hybridized carbons (Fsp3) is 0.391. The van der Waals surface area contributed by atoms with E-state index >= 15 is 0 Å². The molecule has 0 bridgehead atoms. The lowest BCUT2D eigenvalue weighted by Crippen LogP contribution is -2.39. The molecule has 1 aromatic carbocycles. The Labute approximate surface area is 168 Å². The van der Waals surface area contributed by atoms with Gasteiger partial charge in [0.15, 0.2) is 0 Å². The van der Waals surface area contributed by atoms with Gasteiger partial charge in [-0.25, -0.2) is 0 Å². The standard InChI is InChI=1S/C23H31N3O2/c1-17(2)26(18(3)4)13-14-28-22-15-21(10-8-19(22)5)25-23(27)11-9-20-7-6-12-24-16-20/h6-12,15-18H,13-14H2,1-5H3,(H,25,27)/b11-9+. The van der Waals surface area contributed by atoms with Crippen molar-refractivity contribution in [3.05, 3.63) is 59.9 Å². The van der Waals surface area contributed by atoms with Crippen molar-refractivity contribution in [1.82, 2.24) is 9.88 Å². The highest BCUT2D eigenvalue weighted by Crippen LogP contribution is 2.23. The molecule has 5 nitrogen and oxygen atoms in total. The first-order valence-electron chi connectivity index (χ1n) is 9.75. The Balaban J connectivity index is 1.95. The summed E-state index contributed by atoms with van der Waals surface area (Å²) in [7, 11) is 0. The third-order valence-corrected chi connectivity index (χ3v) is 4.50. The van der Waals surface area contributed by atoms with Gasteiger partial charge in [-0.15, -0.1) is 0 Å². The summed E-state index contributed by atoms with van der Waals surface area (Å²) in [5.41, 5.74) is 2.64.